The quantitative estimate of drug-likeness (QED) is 0.875. The highest BCUT2D eigenvalue weighted by molar-refractivity contribution is 5.47. The number of nitrogens with one attached hydrogen (secondary N) is 1. The third kappa shape index (κ3) is 3.88. The molecular formula is C16H21N3O. The van der Waals surface area contributed by atoms with Gasteiger partial charge in [-0.05, 0) is 30.7 Å². The van der Waals surface area contributed by atoms with Gasteiger partial charge >= 0.3 is 0 Å². The number of anilines is 2. The zero-order chi connectivity index (χ0) is 14.4. The fourth-order valence-electron chi connectivity index (χ4n) is 1.83. The molecule has 0 aliphatic carbocycles. The molecule has 0 spiro atoms. The second-order valence-corrected chi connectivity index (χ2v) is 4.73. The summed E-state index contributed by atoms with van der Waals surface area (Å²) in [7, 11) is 4.08. The first-order valence-corrected chi connectivity index (χ1v) is 6.78. The topological polar surface area (TPSA) is 37.4 Å². The Morgan fingerprint density at radius 1 is 1.10 bits per heavy atom. The van der Waals surface area contributed by atoms with Gasteiger partial charge in [0.25, 0.3) is 0 Å². The molecule has 0 atom stereocenters. The lowest BCUT2D eigenvalue weighted by molar-refractivity contribution is 0.327. The van der Waals surface area contributed by atoms with Crippen LogP contribution in [0.1, 0.15) is 12.5 Å². The van der Waals surface area contributed by atoms with Crippen molar-refractivity contribution in [3.8, 4) is 5.88 Å². The molecule has 4 nitrogen and oxygen atoms in total. The molecule has 1 aromatic carbocycles. The van der Waals surface area contributed by atoms with E-state index >= 15 is 0 Å². The van der Waals surface area contributed by atoms with Crippen molar-refractivity contribution in [2.45, 2.75) is 13.5 Å². The molecule has 2 aromatic rings. The normalized spacial score (nSPS) is 10.2. The van der Waals surface area contributed by atoms with Crippen molar-refractivity contribution in [3.05, 3.63) is 48.2 Å². The van der Waals surface area contributed by atoms with Crippen LogP contribution in [0, 0.1) is 0 Å². The highest BCUT2D eigenvalue weighted by atomic mass is 16.5. The Morgan fingerprint density at radius 2 is 1.85 bits per heavy atom. The average molecular weight is 271 g/mol. The maximum atomic E-state index is 5.32. The Morgan fingerprint density at radius 3 is 2.40 bits per heavy atom. The van der Waals surface area contributed by atoms with Gasteiger partial charge < -0.3 is 15.0 Å². The molecule has 1 heterocycles. The molecule has 0 unspecified atom stereocenters. The number of aromatic nitrogens is 1. The number of ether oxygens (including phenoxy) is 1. The number of hydrogen-bond acceptors (Lipinski definition) is 4. The SMILES string of the molecule is CCOc1ccc(NCc2ccc(N(C)C)cc2)cn1. The molecule has 1 N–H and O–H groups in total. The van der Waals surface area contributed by atoms with E-state index < -0.39 is 0 Å². The fourth-order valence-corrected chi connectivity index (χ4v) is 1.83. The first-order chi connectivity index (χ1) is 9.69. The van der Waals surface area contributed by atoms with Crippen molar-refractivity contribution in [1.29, 1.82) is 0 Å². The van der Waals surface area contributed by atoms with Crippen molar-refractivity contribution >= 4 is 11.4 Å². The van der Waals surface area contributed by atoms with Gasteiger partial charge in [0.05, 0.1) is 18.5 Å². The Labute approximate surface area is 120 Å². The van der Waals surface area contributed by atoms with Crippen molar-refractivity contribution in [2.24, 2.45) is 0 Å². The molecule has 0 bridgehead atoms. The predicted molar refractivity (Wildman–Crippen MR) is 83.5 cm³/mol. The summed E-state index contributed by atoms with van der Waals surface area (Å²) >= 11 is 0. The van der Waals surface area contributed by atoms with Gasteiger partial charge in [-0.3, -0.25) is 0 Å². The average Bonchev–Trinajstić information content (AvgIpc) is 2.47. The van der Waals surface area contributed by atoms with Crippen molar-refractivity contribution in [2.75, 3.05) is 30.9 Å². The van der Waals surface area contributed by atoms with Crippen LogP contribution >= 0.6 is 0 Å². The van der Waals surface area contributed by atoms with Crippen LogP contribution in [0.25, 0.3) is 0 Å². The minimum atomic E-state index is 0.637. The van der Waals surface area contributed by atoms with Crippen LogP contribution in [0.5, 0.6) is 5.88 Å². The Bertz CT molecular complexity index is 520. The Kier molecular flexibility index (Phi) is 4.82. The molecule has 0 fully saturated rings. The molecule has 2 rings (SSSR count). The molecule has 0 radical (unpaired) electrons. The molecule has 0 saturated heterocycles. The van der Waals surface area contributed by atoms with E-state index in [0.29, 0.717) is 12.5 Å². The van der Waals surface area contributed by atoms with E-state index in [2.05, 4.69) is 39.5 Å². The molecule has 1 aromatic heterocycles. The summed E-state index contributed by atoms with van der Waals surface area (Å²) in [5.41, 5.74) is 3.44. The smallest absolute Gasteiger partial charge is 0.213 e. The molecular weight excluding hydrogens is 250 g/mol. The van der Waals surface area contributed by atoms with Crippen LogP contribution in [-0.4, -0.2) is 25.7 Å². The standard InChI is InChI=1S/C16H21N3O/c1-4-20-16-10-7-14(12-18-16)17-11-13-5-8-15(9-6-13)19(2)3/h5-10,12,17H,4,11H2,1-3H3. The number of pyridine rings is 1. The Hall–Kier alpha value is -2.23. The molecule has 0 saturated carbocycles. The molecule has 0 aliphatic rings. The van der Waals surface area contributed by atoms with Gasteiger partial charge in [-0.25, -0.2) is 4.98 Å². The third-order valence-corrected chi connectivity index (χ3v) is 2.98. The third-order valence-electron chi connectivity index (χ3n) is 2.98. The summed E-state index contributed by atoms with van der Waals surface area (Å²) in [4.78, 5) is 6.32. The van der Waals surface area contributed by atoms with E-state index in [1.165, 1.54) is 11.3 Å². The van der Waals surface area contributed by atoms with Gasteiger partial charge in [0.15, 0.2) is 0 Å². The molecule has 0 aliphatic heterocycles. The zero-order valence-corrected chi connectivity index (χ0v) is 12.3. The van der Waals surface area contributed by atoms with Gasteiger partial charge in [0, 0.05) is 32.4 Å². The largest absolute Gasteiger partial charge is 0.478 e. The summed E-state index contributed by atoms with van der Waals surface area (Å²) in [5.74, 6) is 0.661. The summed E-state index contributed by atoms with van der Waals surface area (Å²) in [5, 5.41) is 3.35. The number of nitrogens with zero attached hydrogens (tertiary/aromatic N) is 2. The molecule has 20 heavy (non-hydrogen) atoms. The maximum absolute atomic E-state index is 5.32. The van der Waals surface area contributed by atoms with Crippen molar-refractivity contribution in [1.82, 2.24) is 4.98 Å². The lowest BCUT2D eigenvalue weighted by atomic mass is 10.2. The van der Waals surface area contributed by atoms with E-state index in [-0.39, 0.29) is 0 Å². The van der Waals surface area contributed by atoms with Gasteiger partial charge in [0.1, 0.15) is 0 Å². The number of benzene rings is 1. The maximum Gasteiger partial charge on any atom is 0.213 e. The molecule has 4 heteroatoms. The highest BCUT2D eigenvalue weighted by Crippen LogP contribution is 2.15. The first-order valence-electron chi connectivity index (χ1n) is 6.78. The fraction of sp³-hybridized carbons (Fsp3) is 0.312. The summed E-state index contributed by atoms with van der Waals surface area (Å²) in [6, 6.07) is 12.3. The van der Waals surface area contributed by atoms with Crippen molar-refractivity contribution < 1.29 is 4.74 Å². The van der Waals surface area contributed by atoms with Crippen LogP contribution < -0.4 is 15.0 Å². The van der Waals surface area contributed by atoms with Gasteiger partial charge in [-0.15, -0.1) is 0 Å². The summed E-state index contributed by atoms with van der Waals surface area (Å²) in [6.07, 6.45) is 1.79. The molecule has 0 amide bonds. The van der Waals surface area contributed by atoms with Crippen LogP contribution in [0.2, 0.25) is 0 Å². The highest BCUT2D eigenvalue weighted by Gasteiger charge is 1.98. The number of hydrogen-bond donors (Lipinski definition) is 1. The second-order valence-electron chi connectivity index (χ2n) is 4.73. The van der Waals surface area contributed by atoms with Crippen molar-refractivity contribution in [3.63, 3.8) is 0 Å². The Balaban J connectivity index is 1.91. The minimum absolute atomic E-state index is 0.637. The lowest BCUT2D eigenvalue weighted by Gasteiger charge is -2.13. The van der Waals surface area contributed by atoms with Gasteiger partial charge in [-0.1, -0.05) is 12.1 Å². The minimum Gasteiger partial charge on any atom is -0.478 e. The van der Waals surface area contributed by atoms with E-state index in [1.807, 2.05) is 33.2 Å². The van der Waals surface area contributed by atoms with E-state index in [9.17, 15) is 0 Å². The summed E-state index contributed by atoms with van der Waals surface area (Å²) in [6.45, 7) is 3.37. The zero-order valence-electron chi connectivity index (χ0n) is 12.3. The first kappa shape index (κ1) is 14.2. The van der Waals surface area contributed by atoms with Crippen LogP contribution in [-0.2, 0) is 6.54 Å². The van der Waals surface area contributed by atoms with Gasteiger partial charge in [0.2, 0.25) is 5.88 Å². The van der Waals surface area contributed by atoms with E-state index in [4.69, 9.17) is 4.74 Å². The van der Waals surface area contributed by atoms with Crippen LogP contribution in [0.4, 0.5) is 11.4 Å². The predicted octanol–water partition coefficient (Wildman–Crippen LogP) is 3.16. The van der Waals surface area contributed by atoms with Gasteiger partial charge in [-0.2, -0.15) is 0 Å². The van der Waals surface area contributed by atoms with Crippen LogP contribution in [0.15, 0.2) is 42.6 Å². The molecule has 106 valence electrons. The lowest BCUT2D eigenvalue weighted by Crippen LogP contribution is -2.08. The second kappa shape index (κ2) is 6.80. The monoisotopic (exact) mass is 271 g/mol. The van der Waals surface area contributed by atoms with Crippen LogP contribution in [0.3, 0.4) is 0 Å². The summed E-state index contributed by atoms with van der Waals surface area (Å²) < 4.78 is 5.32. The number of rotatable bonds is 6. The van der Waals surface area contributed by atoms with E-state index in [0.717, 1.165) is 12.2 Å². The van der Waals surface area contributed by atoms with E-state index in [1.54, 1.807) is 6.20 Å².